The second-order valence-corrected chi connectivity index (χ2v) is 4.83. The van der Waals surface area contributed by atoms with Gasteiger partial charge < -0.3 is 14.0 Å². The summed E-state index contributed by atoms with van der Waals surface area (Å²) in [7, 11) is -3.71. The number of hydrogen-bond donors (Lipinski definition) is 0. The molecule has 0 N–H and O–H groups in total. The average Bonchev–Trinajstić information content (AvgIpc) is 2.50. The lowest BCUT2D eigenvalue weighted by molar-refractivity contribution is 0.00578. The maximum atomic E-state index is 7.86. The zero-order valence-electron chi connectivity index (χ0n) is 15.2. The minimum atomic E-state index is -2.76. The van der Waals surface area contributed by atoms with E-state index in [4.69, 9.17) is 16.2 Å². The third-order valence-electron chi connectivity index (χ3n) is 3.12. The molecular weight excluding hydrogens is 219 g/mol. The van der Waals surface area contributed by atoms with Crippen LogP contribution in [0.2, 0.25) is 0 Å². The van der Waals surface area contributed by atoms with Gasteiger partial charge in [-0.3, -0.25) is 4.98 Å². The van der Waals surface area contributed by atoms with Crippen molar-refractivity contribution >= 4 is 12.7 Å². The first kappa shape index (κ1) is 7.33. The van der Waals surface area contributed by atoms with Gasteiger partial charge in [0.2, 0.25) is 5.88 Å². The van der Waals surface area contributed by atoms with E-state index < -0.39 is 37.4 Å². The minimum absolute atomic E-state index is 0.0153. The molecular formula is C11H17BN2O3. The lowest BCUT2D eigenvalue weighted by atomic mass is 9.85. The Balaban J connectivity index is 2.33. The topological polar surface area (TPSA) is 53.5 Å². The first-order valence-corrected chi connectivity index (χ1v) is 5.22. The van der Waals surface area contributed by atoms with Crippen molar-refractivity contribution in [2.24, 2.45) is 0 Å². The van der Waals surface area contributed by atoms with Crippen LogP contribution in [0.4, 0.5) is 0 Å². The molecule has 92 valence electrons. The summed E-state index contributed by atoms with van der Waals surface area (Å²) in [5, 5.41) is 0. The lowest BCUT2D eigenvalue weighted by Crippen LogP contribution is -2.41. The van der Waals surface area contributed by atoms with Crippen molar-refractivity contribution in [3.63, 3.8) is 0 Å². The van der Waals surface area contributed by atoms with Gasteiger partial charge in [0.05, 0.1) is 36.9 Å². The number of hydrogen-bond acceptors (Lipinski definition) is 5. The normalized spacial score (nSPS) is 26.6. The molecule has 2 heterocycles. The highest BCUT2D eigenvalue weighted by Gasteiger charge is 2.52. The predicted molar refractivity (Wildman–Crippen MR) is 64.3 cm³/mol. The molecule has 1 aromatic heterocycles. The van der Waals surface area contributed by atoms with Crippen LogP contribution in [0.15, 0.2) is 12.3 Å². The molecule has 6 heteroatoms. The number of rotatable bonds is 2. The van der Waals surface area contributed by atoms with Crippen LogP contribution >= 0.6 is 0 Å². The van der Waals surface area contributed by atoms with Gasteiger partial charge in [-0.25, -0.2) is 4.98 Å². The zero-order valence-corrected chi connectivity index (χ0v) is 10.2. The summed E-state index contributed by atoms with van der Waals surface area (Å²) in [6.45, 7) is 7.38. The fourth-order valence-electron chi connectivity index (χ4n) is 1.37. The number of ether oxygens (including phenoxy) is 1. The van der Waals surface area contributed by atoms with E-state index in [1.807, 2.05) is 27.7 Å². The molecule has 0 aliphatic carbocycles. The quantitative estimate of drug-likeness (QED) is 0.716. The second-order valence-electron chi connectivity index (χ2n) is 4.83. The molecule has 17 heavy (non-hydrogen) atoms. The first-order valence-electron chi connectivity index (χ1n) is 7.72. The number of methoxy groups -OCH3 is 1. The molecule has 1 aromatic rings. The summed E-state index contributed by atoms with van der Waals surface area (Å²) in [5.74, 6) is -0.523. The van der Waals surface area contributed by atoms with Crippen molar-refractivity contribution in [1.82, 2.24) is 9.97 Å². The SMILES string of the molecule is [2H]c1nc(B2OC(C)(C)C(C)(C)O2)c([2H])nc1OC([2H])([2H])[2H]. The highest BCUT2D eigenvalue weighted by molar-refractivity contribution is 6.61. The van der Waals surface area contributed by atoms with Crippen molar-refractivity contribution in [3.05, 3.63) is 12.3 Å². The Kier molecular flexibility index (Phi) is 1.71. The molecule has 1 aliphatic heterocycles. The van der Waals surface area contributed by atoms with Crippen molar-refractivity contribution in [2.45, 2.75) is 38.9 Å². The smallest absolute Gasteiger partial charge is 0.480 e. The van der Waals surface area contributed by atoms with Crippen LogP contribution in [0, 0.1) is 0 Å². The Morgan fingerprint density at radius 2 is 1.88 bits per heavy atom. The van der Waals surface area contributed by atoms with Crippen LogP contribution in [0.5, 0.6) is 5.88 Å². The minimum Gasteiger partial charge on any atom is -0.480 e. The van der Waals surface area contributed by atoms with Crippen LogP contribution < -0.4 is 10.3 Å². The Bertz CT molecular complexity index is 578. The fourth-order valence-corrected chi connectivity index (χ4v) is 1.37. The van der Waals surface area contributed by atoms with E-state index in [1.165, 1.54) is 0 Å². The standard InChI is InChI=1S/C11H17BN2O3/c1-10(2)11(3,4)17-12(16-10)8-6-14-9(15-5)7-13-8/h6-7H,1-5H3/i5D3,6D,7D. The van der Waals surface area contributed by atoms with Crippen LogP contribution in [0.3, 0.4) is 0 Å². The molecule has 2 rings (SSSR count). The maximum absolute atomic E-state index is 7.86. The van der Waals surface area contributed by atoms with Gasteiger partial charge >= 0.3 is 7.12 Å². The summed E-state index contributed by atoms with van der Waals surface area (Å²) in [6, 6.07) is 0. The summed E-state index contributed by atoms with van der Waals surface area (Å²) in [5.41, 5.74) is -1.23. The summed E-state index contributed by atoms with van der Waals surface area (Å²) < 4.78 is 52.6. The van der Waals surface area contributed by atoms with Gasteiger partial charge in [-0.05, 0) is 27.7 Å². The van der Waals surface area contributed by atoms with E-state index in [9.17, 15) is 0 Å². The van der Waals surface area contributed by atoms with E-state index in [1.54, 1.807) is 0 Å². The van der Waals surface area contributed by atoms with E-state index >= 15 is 0 Å². The predicted octanol–water partition coefficient (Wildman–Crippen LogP) is 0.784. The van der Waals surface area contributed by atoms with Gasteiger partial charge in [0.25, 0.3) is 0 Å². The van der Waals surface area contributed by atoms with Crippen molar-refractivity contribution in [1.29, 1.82) is 0 Å². The van der Waals surface area contributed by atoms with Gasteiger partial charge in [-0.2, -0.15) is 0 Å². The van der Waals surface area contributed by atoms with Gasteiger partial charge in [-0.1, -0.05) is 0 Å². The molecule has 0 bridgehead atoms. The molecule has 5 nitrogen and oxygen atoms in total. The maximum Gasteiger partial charge on any atom is 0.516 e. The molecule has 0 unspecified atom stereocenters. The van der Waals surface area contributed by atoms with Crippen molar-refractivity contribution in [2.75, 3.05) is 7.04 Å². The largest absolute Gasteiger partial charge is 0.516 e. The molecule has 0 spiro atoms. The van der Waals surface area contributed by atoms with E-state index in [2.05, 4.69) is 14.7 Å². The number of aromatic nitrogens is 2. The average molecular weight is 241 g/mol. The zero-order chi connectivity index (χ0) is 16.9. The molecule has 0 amide bonds. The van der Waals surface area contributed by atoms with Crippen LogP contribution in [-0.4, -0.2) is 35.3 Å². The fraction of sp³-hybridized carbons (Fsp3) is 0.636. The Hall–Kier alpha value is -1.14. The summed E-state index contributed by atoms with van der Waals surface area (Å²) in [6.07, 6.45) is -0.842. The summed E-state index contributed by atoms with van der Waals surface area (Å²) in [4.78, 5) is 7.53. The molecule has 0 saturated carbocycles. The Morgan fingerprint density at radius 1 is 1.24 bits per heavy atom. The summed E-state index contributed by atoms with van der Waals surface area (Å²) >= 11 is 0. The van der Waals surface area contributed by atoms with Crippen molar-refractivity contribution in [3.8, 4) is 5.88 Å². The monoisotopic (exact) mass is 241 g/mol. The van der Waals surface area contributed by atoms with Gasteiger partial charge in [0.1, 0.15) is 0 Å². The lowest BCUT2D eigenvalue weighted by Gasteiger charge is -2.32. The van der Waals surface area contributed by atoms with Gasteiger partial charge in [-0.15, -0.1) is 0 Å². The molecule has 1 saturated heterocycles. The second kappa shape index (κ2) is 3.96. The van der Waals surface area contributed by atoms with Gasteiger partial charge in [0.15, 0.2) is 0 Å². The van der Waals surface area contributed by atoms with E-state index in [-0.39, 0.29) is 11.8 Å². The Morgan fingerprint density at radius 3 is 2.47 bits per heavy atom. The Labute approximate surface area is 109 Å². The van der Waals surface area contributed by atoms with Crippen molar-refractivity contribution < 1.29 is 20.9 Å². The van der Waals surface area contributed by atoms with E-state index in [0.717, 1.165) is 0 Å². The van der Waals surface area contributed by atoms with Crippen LogP contribution in [0.1, 0.15) is 34.5 Å². The molecule has 0 aromatic carbocycles. The van der Waals surface area contributed by atoms with E-state index in [0.29, 0.717) is 0 Å². The van der Waals surface area contributed by atoms with Crippen LogP contribution in [-0.2, 0) is 9.31 Å². The van der Waals surface area contributed by atoms with Gasteiger partial charge in [0, 0.05) is 6.17 Å². The molecule has 1 fully saturated rings. The highest BCUT2D eigenvalue weighted by atomic mass is 16.7. The molecule has 0 atom stereocenters. The third-order valence-corrected chi connectivity index (χ3v) is 3.12. The molecule has 1 aliphatic rings. The molecule has 0 radical (unpaired) electrons. The third kappa shape index (κ3) is 2.15. The van der Waals surface area contributed by atoms with Crippen LogP contribution in [0.25, 0.3) is 0 Å². The first-order chi connectivity index (χ1) is 9.82. The number of nitrogens with zero attached hydrogens (tertiary/aromatic N) is 2. The highest BCUT2D eigenvalue weighted by Crippen LogP contribution is 2.36.